The molecule has 0 saturated heterocycles. The van der Waals surface area contributed by atoms with E-state index in [0.717, 1.165) is 30.3 Å². The quantitative estimate of drug-likeness (QED) is 0.930. The van der Waals surface area contributed by atoms with Crippen LogP contribution in [-0.2, 0) is 5.54 Å². The molecule has 0 unspecified atom stereocenters. The molecule has 1 N–H and O–H groups in total. The second-order valence-corrected chi connectivity index (χ2v) is 7.77. The minimum Gasteiger partial charge on any atom is -0.302 e. The van der Waals surface area contributed by atoms with E-state index in [9.17, 15) is 0 Å². The standard InChI is InChI=1S/C19H29N5/c1-13(2)20-19(10-8-14(3)9-11-19)18-21-22-23-24(18)17-7-6-15(4)12-16(17)5/h6-7,12-14,20H,8-11H2,1-5H3. The minimum absolute atomic E-state index is 0.137. The van der Waals surface area contributed by atoms with E-state index < -0.39 is 0 Å². The zero-order chi connectivity index (χ0) is 17.3. The Morgan fingerprint density at radius 1 is 1.21 bits per heavy atom. The van der Waals surface area contributed by atoms with Gasteiger partial charge >= 0.3 is 0 Å². The maximum absolute atomic E-state index is 4.47. The SMILES string of the molecule is Cc1ccc(-n2nnnc2C2(NC(C)C)CCC(C)CC2)c(C)c1. The fourth-order valence-corrected chi connectivity index (χ4v) is 3.93. The summed E-state index contributed by atoms with van der Waals surface area (Å²) in [4.78, 5) is 0. The third-order valence-electron chi connectivity index (χ3n) is 5.17. The number of hydrogen-bond donors (Lipinski definition) is 1. The third-order valence-corrected chi connectivity index (χ3v) is 5.17. The van der Waals surface area contributed by atoms with E-state index in [1.54, 1.807) is 0 Å². The molecule has 1 aliphatic rings. The first kappa shape index (κ1) is 17.1. The zero-order valence-corrected chi connectivity index (χ0v) is 15.5. The van der Waals surface area contributed by atoms with Gasteiger partial charge in [-0.05, 0) is 81.4 Å². The van der Waals surface area contributed by atoms with Crippen molar-refractivity contribution in [2.45, 2.75) is 71.9 Å². The summed E-state index contributed by atoms with van der Waals surface area (Å²) in [7, 11) is 0. The number of aromatic nitrogens is 4. The van der Waals surface area contributed by atoms with Crippen LogP contribution in [0.3, 0.4) is 0 Å². The molecule has 0 amide bonds. The lowest BCUT2D eigenvalue weighted by Crippen LogP contribution is -2.50. The Morgan fingerprint density at radius 3 is 2.54 bits per heavy atom. The highest BCUT2D eigenvalue weighted by atomic mass is 15.6. The van der Waals surface area contributed by atoms with Crippen LogP contribution in [-0.4, -0.2) is 26.2 Å². The number of hydrogen-bond acceptors (Lipinski definition) is 4. The molecule has 1 aromatic heterocycles. The van der Waals surface area contributed by atoms with Crippen LogP contribution in [0.4, 0.5) is 0 Å². The molecule has 0 aliphatic heterocycles. The number of rotatable bonds is 4. The number of tetrazole rings is 1. The number of benzene rings is 1. The molecule has 1 aromatic carbocycles. The molecule has 5 heteroatoms. The van der Waals surface area contributed by atoms with E-state index in [1.165, 1.54) is 24.0 Å². The molecule has 1 heterocycles. The highest BCUT2D eigenvalue weighted by Gasteiger charge is 2.41. The van der Waals surface area contributed by atoms with Crippen LogP contribution in [0.2, 0.25) is 0 Å². The van der Waals surface area contributed by atoms with Gasteiger partial charge in [0.05, 0.1) is 11.2 Å². The van der Waals surface area contributed by atoms with Crippen LogP contribution in [0.15, 0.2) is 18.2 Å². The van der Waals surface area contributed by atoms with Crippen LogP contribution < -0.4 is 5.32 Å². The van der Waals surface area contributed by atoms with E-state index in [1.807, 2.05) is 4.68 Å². The molecule has 1 aliphatic carbocycles. The van der Waals surface area contributed by atoms with E-state index in [0.29, 0.717) is 6.04 Å². The van der Waals surface area contributed by atoms with Gasteiger partial charge in [0.1, 0.15) is 0 Å². The molecule has 5 nitrogen and oxygen atoms in total. The Balaban J connectivity index is 2.05. The largest absolute Gasteiger partial charge is 0.302 e. The summed E-state index contributed by atoms with van der Waals surface area (Å²) >= 11 is 0. The van der Waals surface area contributed by atoms with Crippen molar-refractivity contribution in [1.29, 1.82) is 0 Å². The first-order valence-electron chi connectivity index (χ1n) is 9.05. The summed E-state index contributed by atoms with van der Waals surface area (Å²) in [5, 5.41) is 16.6. The molecule has 1 saturated carbocycles. The highest BCUT2D eigenvalue weighted by Crippen LogP contribution is 2.39. The van der Waals surface area contributed by atoms with Gasteiger partial charge in [0.25, 0.3) is 0 Å². The van der Waals surface area contributed by atoms with E-state index in [-0.39, 0.29) is 5.54 Å². The van der Waals surface area contributed by atoms with Crippen molar-refractivity contribution >= 4 is 0 Å². The average molecular weight is 327 g/mol. The third kappa shape index (κ3) is 3.22. The summed E-state index contributed by atoms with van der Waals surface area (Å²) in [6.07, 6.45) is 4.58. The summed E-state index contributed by atoms with van der Waals surface area (Å²) in [5.74, 6) is 1.73. The molecular weight excluding hydrogens is 298 g/mol. The molecule has 130 valence electrons. The Labute approximate surface area is 144 Å². The van der Waals surface area contributed by atoms with Gasteiger partial charge in [-0.2, -0.15) is 4.68 Å². The van der Waals surface area contributed by atoms with Crippen LogP contribution in [0.1, 0.15) is 63.4 Å². The second kappa shape index (κ2) is 6.63. The molecule has 3 rings (SSSR count). The predicted octanol–water partition coefficient (Wildman–Crippen LogP) is 3.68. The van der Waals surface area contributed by atoms with Gasteiger partial charge in [0.2, 0.25) is 0 Å². The summed E-state index contributed by atoms with van der Waals surface area (Å²) in [6, 6.07) is 6.83. The number of aryl methyl sites for hydroxylation is 2. The van der Waals surface area contributed by atoms with Crippen LogP contribution in [0, 0.1) is 19.8 Å². The minimum atomic E-state index is -0.137. The fourth-order valence-electron chi connectivity index (χ4n) is 3.93. The van der Waals surface area contributed by atoms with Crippen molar-refractivity contribution in [2.75, 3.05) is 0 Å². The maximum atomic E-state index is 4.47. The van der Waals surface area contributed by atoms with Gasteiger partial charge in [-0.1, -0.05) is 24.6 Å². The van der Waals surface area contributed by atoms with Crippen molar-refractivity contribution in [2.24, 2.45) is 5.92 Å². The first-order valence-corrected chi connectivity index (χ1v) is 9.05. The summed E-state index contributed by atoms with van der Waals surface area (Å²) in [5.41, 5.74) is 3.39. The highest BCUT2D eigenvalue weighted by molar-refractivity contribution is 5.42. The second-order valence-electron chi connectivity index (χ2n) is 7.77. The zero-order valence-electron chi connectivity index (χ0n) is 15.5. The van der Waals surface area contributed by atoms with Crippen molar-refractivity contribution < 1.29 is 0 Å². The van der Waals surface area contributed by atoms with E-state index in [4.69, 9.17) is 0 Å². The van der Waals surface area contributed by atoms with Gasteiger partial charge in [-0.25, -0.2) is 0 Å². The van der Waals surface area contributed by atoms with Gasteiger partial charge in [-0.15, -0.1) is 5.10 Å². The van der Waals surface area contributed by atoms with Crippen molar-refractivity contribution in [3.8, 4) is 5.69 Å². The monoisotopic (exact) mass is 327 g/mol. The van der Waals surface area contributed by atoms with Crippen molar-refractivity contribution in [3.63, 3.8) is 0 Å². The van der Waals surface area contributed by atoms with Crippen LogP contribution in [0.5, 0.6) is 0 Å². The molecule has 0 spiro atoms. The first-order chi connectivity index (χ1) is 11.4. The molecule has 0 bridgehead atoms. The predicted molar refractivity (Wildman–Crippen MR) is 96.2 cm³/mol. The van der Waals surface area contributed by atoms with Gasteiger partial charge < -0.3 is 5.32 Å². The molecule has 1 fully saturated rings. The molecule has 2 aromatic rings. The Morgan fingerprint density at radius 2 is 1.92 bits per heavy atom. The summed E-state index contributed by atoms with van der Waals surface area (Å²) < 4.78 is 1.94. The smallest absolute Gasteiger partial charge is 0.176 e. The Bertz CT molecular complexity index is 696. The fraction of sp³-hybridized carbons (Fsp3) is 0.632. The lowest BCUT2D eigenvalue weighted by Gasteiger charge is -2.40. The Kier molecular flexibility index (Phi) is 4.72. The molecule has 24 heavy (non-hydrogen) atoms. The van der Waals surface area contributed by atoms with Crippen molar-refractivity contribution in [1.82, 2.24) is 25.5 Å². The topological polar surface area (TPSA) is 55.6 Å². The number of nitrogens with zero attached hydrogens (tertiary/aromatic N) is 4. The Hall–Kier alpha value is -1.75. The lowest BCUT2D eigenvalue weighted by molar-refractivity contribution is 0.170. The van der Waals surface area contributed by atoms with Gasteiger partial charge in [-0.3, -0.25) is 0 Å². The molecular formula is C19H29N5. The van der Waals surface area contributed by atoms with Crippen LogP contribution in [0.25, 0.3) is 5.69 Å². The number of nitrogens with one attached hydrogen (secondary N) is 1. The van der Waals surface area contributed by atoms with E-state index in [2.05, 4.69) is 73.7 Å². The van der Waals surface area contributed by atoms with Gasteiger partial charge in [0.15, 0.2) is 5.82 Å². The van der Waals surface area contributed by atoms with Gasteiger partial charge in [0, 0.05) is 6.04 Å². The average Bonchev–Trinajstić information content (AvgIpc) is 2.99. The maximum Gasteiger partial charge on any atom is 0.176 e. The normalized spacial score (nSPS) is 24.5. The van der Waals surface area contributed by atoms with Crippen LogP contribution >= 0.6 is 0 Å². The van der Waals surface area contributed by atoms with Crippen molar-refractivity contribution in [3.05, 3.63) is 35.2 Å². The molecule has 0 radical (unpaired) electrons. The van der Waals surface area contributed by atoms with E-state index >= 15 is 0 Å². The molecule has 0 atom stereocenters. The summed E-state index contributed by atoms with van der Waals surface area (Å²) in [6.45, 7) is 11.0. The lowest BCUT2D eigenvalue weighted by atomic mass is 9.76.